The van der Waals surface area contributed by atoms with Gasteiger partial charge < -0.3 is 4.57 Å². The lowest BCUT2D eigenvalue weighted by molar-refractivity contribution is 0.335. The van der Waals surface area contributed by atoms with Crippen molar-refractivity contribution in [1.82, 2.24) is 9.55 Å². The van der Waals surface area contributed by atoms with Crippen LogP contribution in [0.5, 0.6) is 0 Å². The first-order chi connectivity index (χ1) is 7.08. The molecule has 3 unspecified atom stereocenters. The van der Waals surface area contributed by atoms with Gasteiger partial charge in [0, 0.05) is 24.0 Å². The molecular weight excluding hydrogens is 252 g/mol. The summed E-state index contributed by atoms with van der Waals surface area (Å²) in [6, 6.07) is 0. The number of alkyl halides is 1. The fourth-order valence-corrected chi connectivity index (χ4v) is 3.11. The van der Waals surface area contributed by atoms with Crippen LogP contribution in [-0.4, -0.2) is 14.4 Å². The fraction of sp³-hybridized carbons (Fsp3) is 0.750. The van der Waals surface area contributed by atoms with E-state index in [1.54, 1.807) is 0 Å². The summed E-state index contributed by atoms with van der Waals surface area (Å²) >= 11 is 3.74. The first-order valence-corrected chi connectivity index (χ1v) is 6.63. The summed E-state index contributed by atoms with van der Waals surface area (Å²) in [7, 11) is 2.07. The minimum absolute atomic E-state index is 0.642. The van der Waals surface area contributed by atoms with E-state index in [0.717, 1.165) is 11.7 Å². The number of imidazole rings is 1. The lowest BCUT2D eigenvalue weighted by atomic mass is 9.79. The van der Waals surface area contributed by atoms with E-state index in [2.05, 4.69) is 52.6 Å². The molecule has 1 fully saturated rings. The molecule has 0 aliphatic heterocycles. The first kappa shape index (κ1) is 11.2. The number of aryl methyl sites for hydroxylation is 2. The van der Waals surface area contributed by atoms with Gasteiger partial charge in [0.15, 0.2) is 0 Å². The van der Waals surface area contributed by atoms with E-state index in [1.165, 1.54) is 25.0 Å². The molecule has 0 amide bonds. The zero-order chi connectivity index (χ0) is 11.0. The SMILES string of the molecule is Cc1nc(C2CC(Br)CCC2C)cn1C. The van der Waals surface area contributed by atoms with Gasteiger partial charge in [-0.05, 0) is 32.1 Å². The van der Waals surface area contributed by atoms with Crippen LogP contribution in [0.3, 0.4) is 0 Å². The fourth-order valence-electron chi connectivity index (χ4n) is 2.45. The third-order valence-corrected chi connectivity index (χ3v) is 4.47. The van der Waals surface area contributed by atoms with Crippen LogP contribution in [0.2, 0.25) is 0 Å². The number of hydrogen-bond donors (Lipinski definition) is 0. The van der Waals surface area contributed by atoms with Crippen LogP contribution in [0.4, 0.5) is 0 Å². The molecule has 1 saturated carbocycles. The highest BCUT2D eigenvalue weighted by molar-refractivity contribution is 9.09. The Balaban J connectivity index is 2.21. The highest BCUT2D eigenvalue weighted by Gasteiger charge is 2.29. The lowest BCUT2D eigenvalue weighted by Crippen LogP contribution is -2.21. The Hall–Kier alpha value is -0.310. The number of aromatic nitrogens is 2. The largest absolute Gasteiger partial charge is 0.338 e. The molecule has 1 aliphatic carbocycles. The Morgan fingerprint density at radius 1 is 1.47 bits per heavy atom. The van der Waals surface area contributed by atoms with Crippen LogP contribution in [0.25, 0.3) is 0 Å². The molecule has 1 heterocycles. The van der Waals surface area contributed by atoms with Gasteiger partial charge >= 0.3 is 0 Å². The normalized spacial score (nSPS) is 31.9. The van der Waals surface area contributed by atoms with Gasteiger partial charge in [-0.15, -0.1) is 0 Å². The molecule has 0 saturated heterocycles. The predicted octanol–water partition coefficient (Wildman–Crippen LogP) is 3.40. The van der Waals surface area contributed by atoms with Crippen molar-refractivity contribution in [1.29, 1.82) is 0 Å². The maximum absolute atomic E-state index is 4.66. The second-order valence-electron chi connectivity index (χ2n) is 4.82. The van der Waals surface area contributed by atoms with Gasteiger partial charge in [0.2, 0.25) is 0 Å². The average molecular weight is 271 g/mol. The highest BCUT2D eigenvalue weighted by atomic mass is 79.9. The van der Waals surface area contributed by atoms with Gasteiger partial charge in [0.25, 0.3) is 0 Å². The van der Waals surface area contributed by atoms with E-state index in [1.807, 2.05) is 0 Å². The quantitative estimate of drug-likeness (QED) is 0.716. The third kappa shape index (κ3) is 2.27. The summed E-state index contributed by atoms with van der Waals surface area (Å²) in [5, 5.41) is 0. The molecule has 1 aromatic rings. The second kappa shape index (κ2) is 4.28. The third-order valence-electron chi connectivity index (χ3n) is 3.64. The van der Waals surface area contributed by atoms with Crippen LogP contribution in [-0.2, 0) is 7.05 Å². The molecule has 1 aliphatic rings. The Labute approximate surface area is 100 Å². The van der Waals surface area contributed by atoms with Crippen LogP contribution >= 0.6 is 15.9 Å². The van der Waals surface area contributed by atoms with Gasteiger partial charge in [-0.1, -0.05) is 22.9 Å². The van der Waals surface area contributed by atoms with Crippen molar-refractivity contribution in [2.75, 3.05) is 0 Å². The van der Waals surface area contributed by atoms with E-state index in [9.17, 15) is 0 Å². The summed E-state index contributed by atoms with van der Waals surface area (Å²) in [4.78, 5) is 5.34. The summed E-state index contributed by atoms with van der Waals surface area (Å²) in [5.41, 5.74) is 1.28. The maximum atomic E-state index is 4.66. The Morgan fingerprint density at radius 2 is 2.20 bits per heavy atom. The van der Waals surface area contributed by atoms with Crippen molar-refractivity contribution in [3.8, 4) is 0 Å². The lowest BCUT2D eigenvalue weighted by Gasteiger charge is -2.30. The first-order valence-electron chi connectivity index (χ1n) is 5.72. The maximum Gasteiger partial charge on any atom is 0.105 e. The average Bonchev–Trinajstić information content (AvgIpc) is 2.51. The standard InChI is InChI=1S/C12H19BrN2/c1-8-4-5-10(13)6-11(8)12-7-15(3)9(2)14-12/h7-8,10-11H,4-6H2,1-3H3. The number of nitrogens with zero attached hydrogens (tertiary/aromatic N) is 2. The van der Waals surface area contributed by atoms with Crippen molar-refractivity contribution in [3.63, 3.8) is 0 Å². The molecule has 84 valence electrons. The molecule has 2 rings (SSSR count). The van der Waals surface area contributed by atoms with Crippen molar-refractivity contribution >= 4 is 15.9 Å². The Kier molecular flexibility index (Phi) is 3.19. The second-order valence-corrected chi connectivity index (χ2v) is 6.11. The van der Waals surface area contributed by atoms with Gasteiger partial charge in [-0.25, -0.2) is 4.98 Å². The molecule has 3 heteroatoms. The van der Waals surface area contributed by atoms with E-state index < -0.39 is 0 Å². The van der Waals surface area contributed by atoms with Crippen LogP contribution in [0.1, 0.15) is 43.6 Å². The topological polar surface area (TPSA) is 17.8 Å². The highest BCUT2D eigenvalue weighted by Crippen LogP contribution is 2.39. The number of hydrogen-bond acceptors (Lipinski definition) is 1. The van der Waals surface area contributed by atoms with Gasteiger partial charge in [0.05, 0.1) is 5.69 Å². The summed E-state index contributed by atoms with van der Waals surface area (Å²) in [6.45, 7) is 4.43. The molecule has 0 bridgehead atoms. The van der Waals surface area contributed by atoms with Crippen LogP contribution < -0.4 is 0 Å². The van der Waals surface area contributed by atoms with Crippen molar-refractivity contribution < 1.29 is 0 Å². The molecule has 1 aromatic heterocycles. The Bertz CT molecular complexity index is 326. The van der Waals surface area contributed by atoms with Crippen molar-refractivity contribution in [3.05, 3.63) is 17.7 Å². The Morgan fingerprint density at radius 3 is 2.80 bits per heavy atom. The summed E-state index contributed by atoms with van der Waals surface area (Å²) in [5.74, 6) is 2.53. The predicted molar refractivity (Wildman–Crippen MR) is 66.4 cm³/mol. The molecule has 0 aromatic carbocycles. The zero-order valence-electron chi connectivity index (χ0n) is 9.70. The van der Waals surface area contributed by atoms with Gasteiger partial charge in [0.1, 0.15) is 5.82 Å². The molecule has 15 heavy (non-hydrogen) atoms. The molecule has 0 radical (unpaired) electrons. The van der Waals surface area contributed by atoms with E-state index in [0.29, 0.717) is 10.7 Å². The van der Waals surface area contributed by atoms with Crippen LogP contribution in [0, 0.1) is 12.8 Å². The zero-order valence-corrected chi connectivity index (χ0v) is 11.3. The molecule has 2 nitrogen and oxygen atoms in total. The van der Waals surface area contributed by atoms with Gasteiger partial charge in [-0.2, -0.15) is 0 Å². The van der Waals surface area contributed by atoms with Crippen LogP contribution in [0.15, 0.2) is 6.20 Å². The molecule has 0 spiro atoms. The summed E-state index contributed by atoms with van der Waals surface area (Å²) < 4.78 is 2.12. The van der Waals surface area contributed by atoms with E-state index >= 15 is 0 Å². The van der Waals surface area contributed by atoms with Crippen molar-refractivity contribution in [2.24, 2.45) is 13.0 Å². The number of rotatable bonds is 1. The van der Waals surface area contributed by atoms with E-state index in [4.69, 9.17) is 0 Å². The number of halogens is 1. The monoisotopic (exact) mass is 270 g/mol. The minimum atomic E-state index is 0.642. The molecular formula is C12H19BrN2. The smallest absolute Gasteiger partial charge is 0.105 e. The van der Waals surface area contributed by atoms with Crippen molar-refractivity contribution in [2.45, 2.75) is 43.9 Å². The molecule has 0 N–H and O–H groups in total. The van der Waals surface area contributed by atoms with E-state index in [-0.39, 0.29) is 0 Å². The minimum Gasteiger partial charge on any atom is -0.338 e. The van der Waals surface area contributed by atoms with Gasteiger partial charge in [-0.3, -0.25) is 0 Å². The molecule has 3 atom stereocenters. The summed E-state index contributed by atoms with van der Waals surface area (Å²) in [6.07, 6.45) is 6.05.